The van der Waals surface area contributed by atoms with Crippen LogP contribution in [0.5, 0.6) is 5.75 Å². The van der Waals surface area contributed by atoms with E-state index in [2.05, 4.69) is 23.5 Å². The highest BCUT2D eigenvalue weighted by atomic mass is 19.1. The minimum absolute atomic E-state index is 0.280. The Kier molecular flexibility index (Phi) is 4.20. The van der Waals surface area contributed by atoms with E-state index in [9.17, 15) is 4.39 Å². The molecule has 110 valence electrons. The van der Waals surface area contributed by atoms with Crippen LogP contribution >= 0.6 is 0 Å². The maximum atomic E-state index is 14.0. The number of benzene rings is 2. The average Bonchev–Trinajstić information content (AvgIpc) is 2.48. The van der Waals surface area contributed by atoms with Crippen molar-refractivity contribution in [3.05, 3.63) is 65.0 Å². The number of para-hydroxylation sites is 1. The van der Waals surface area contributed by atoms with Gasteiger partial charge in [0.1, 0.15) is 0 Å². The fourth-order valence-electron chi connectivity index (χ4n) is 2.81. The van der Waals surface area contributed by atoms with Crippen molar-refractivity contribution in [2.75, 3.05) is 13.2 Å². The molecule has 0 aromatic heterocycles. The van der Waals surface area contributed by atoms with Crippen molar-refractivity contribution >= 4 is 0 Å². The van der Waals surface area contributed by atoms with Crippen LogP contribution in [0.1, 0.15) is 29.5 Å². The Morgan fingerprint density at radius 1 is 1.19 bits per heavy atom. The molecule has 1 N–H and O–H groups in total. The van der Waals surface area contributed by atoms with Crippen molar-refractivity contribution in [3.8, 4) is 5.75 Å². The van der Waals surface area contributed by atoms with E-state index in [1.165, 1.54) is 17.2 Å². The zero-order chi connectivity index (χ0) is 14.7. The van der Waals surface area contributed by atoms with Crippen molar-refractivity contribution < 1.29 is 9.13 Å². The molecule has 0 fully saturated rings. The molecule has 1 atom stereocenters. The van der Waals surface area contributed by atoms with Crippen LogP contribution < -0.4 is 10.1 Å². The number of hydrogen-bond donors (Lipinski definition) is 1. The highest BCUT2D eigenvalue weighted by Crippen LogP contribution is 2.35. The Morgan fingerprint density at radius 3 is 2.86 bits per heavy atom. The third-order valence-corrected chi connectivity index (χ3v) is 4.00. The number of rotatable bonds is 6. The van der Waals surface area contributed by atoms with E-state index >= 15 is 0 Å². The van der Waals surface area contributed by atoms with Crippen molar-refractivity contribution in [2.24, 2.45) is 0 Å². The summed E-state index contributed by atoms with van der Waals surface area (Å²) in [4.78, 5) is 0. The molecule has 0 radical (unpaired) electrons. The quantitative estimate of drug-likeness (QED) is 0.874. The molecule has 2 nitrogen and oxygen atoms in total. The zero-order valence-electron chi connectivity index (χ0n) is 12.2. The summed E-state index contributed by atoms with van der Waals surface area (Å²) in [6, 6.07) is 13.5. The van der Waals surface area contributed by atoms with Gasteiger partial charge >= 0.3 is 0 Å². The molecule has 2 aromatic carbocycles. The Balaban J connectivity index is 1.68. The molecule has 1 aliphatic rings. The molecule has 3 rings (SSSR count). The predicted molar refractivity (Wildman–Crippen MR) is 82.2 cm³/mol. The lowest BCUT2D eigenvalue weighted by Gasteiger charge is -2.30. The summed E-state index contributed by atoms with van der Waals surface area (Å²) in [5.41, 5.74) is 3.60. The van der Waals surface area contributed by atoms with Crippen molar-refractivity contribution in [1.82, 2.24) is 5.32 Å². The highest BCUT2D eigenvalue weighted by molar-refractivity contribution is 5.41. The first-order chi connectivity index (χ1) is 10.3. The number of halogens is 1. The van der Waals surface area contributed by atoms with E-state index in [0.717, 1.165) is 18.5 Å². The van der Waals surface area contributed by atoms with Gasteiger partial charge in [-0.15, -0.1) is 0 Å². The Bertz CT molecular complexity index is 626. The Hall–Kier alpha value is -1.87. The van der Waals surface area contributed by atoms with Crippen LogP contribution in [0.3, 0.4) is 0 Å². The molecule has 0 saturated heterocycles. The summed E-state index contributed by atoms with van der Waals surface area (Å²) in [6.45, 7) is 4.05. The second kappa shape index (κ2) is 6.27. The van der Waals surface area contributed by atoms with Crippen molar-refractivity contribution in [1.29, 1.82) is 0 Å². The van der Waals surface area contributed by atoms with E-state index in [4.69, 9.17) is 4.74 Å². The summed E-state index contributed by atoms with van der Waals surface area (Å²) in [7, 11) is 0. The number of hydrogen-bond acceptors (Lipinski definition) is 2. The molecule has 0 bridgehead atoms. The number of fused-ring (bicyclic) bond motifs is 1. The lowest BCUT2D eigenvalue weighted by molar-refractivity contribution is 0.260. The van der Waals surface area contributed by atoms with Crippen LogP contribution in [-0.4, -0.2) is 13.2 Å². The number of ether oxygens (including phenoxy) is 1. The fourth-order valence-corrected chi connectivity index (χ4v) is 2.81. The van der Waals surface area contributed by atoms with Gasteiger partial charge < -0.3 is 10.1 Å². The Morgan fingerprint density at radius 2 is 2.05 bits per heavy atom. The molecular formula is C18H20FNO. The van der Waals surface area contributed by atoms with Gasteiger partial charge in [0, 0.05) is 18.0 Å². The smallest absolute Gasteiger partial charge is 0.165 e. The van der Waals surface area contributed by atoms with Gasteiger partial charge in [0.25, 0.3) is 0 Å². The predicted octanol–water partition coefficient (Wildman–Crippen LogP) is 3.65. The van der Waals surface area contributed by atoms with E-state index in [0.29, 0.717) is 24.8 Å². The van der Waals surface area contributed by atoms with Crippen LogP contribution in [0.25, 0.3) is 0 Å². The third-order valence-electron chi connectivity index (χ3n) is 4.00. The SMILES string of the molecule is CCNCc1cccc(F)c1OCC1Cc2ccccc21. The lowest BCUT2D eigenvalue weighted by atomic mass is 9.78. The molecule has 0 amide bonds. The topological polar surface area (TPSA) is 21.3 Å². The fraction of sp³-hybridized carbons (Fsp3) is 0.333. The van der Waals surface area contributed by atoms with E-state index in [-0.39, 0.29) is 5.82 Å². The third kappa shape index (κ3) is 2.93. The molecule has 1 unspecified atom stereocenters. The van der Waals surface area contributed by atoms with E-state index < -0.39 is 0 Å². The van der Waals surface area contributed by atoms with Gasteiger partial charge in [0.2, 0.25) is 0 Å². The van der Waals surface area contributed by atoms with Crippen LogP contribution in [0.15, 0.2) is 42.5 Å². The maximum Gasteiger partial charge on any atom is 0.165 e. The standard InChI is InChI=1S/C18H20FNO/c1-2-20-11-14-7-5-9-17(19)18(14)21-12-15-10-13-6-3-4-8-16(13)15/h3-9,15,20H,2,10-12H2,1H3. The lowest BCUT2D eigenvalue weighted by Crippen LogP contribution is -2.24. The normalized spacial score (nSPS) is 16.2. The molecular weight excluding hydrogens is 265 g/mol. The minimum atomic E-state index is -0.280. The highest BCUT2D eigenvalue weighted by Gasteiger charge is 2.26. The molecule has 0 aliphatic heterocycles. The largest absolute Gasteiger partial charge is 0.490 e. The summed E-state index contributed by atoms with van der Waals surface area (Å²) in [6.07, 6.45) is 1.02. The van der Waals surface area contributed by atoms with Crippen molar-refractivity contribution in [3.63, 3.8) is 0 Å². The first-order valence-corrected chi connectivity index (χ1v) is 7.48. The monoisotopic (exact) mass is 285 g/mol. The first-order valence-electron chi connectivity index (χ1n) is 7.48. The second-order valence-corrected chi connectivity index (χ2v) is 5.42. The molecule has 0 heterocycles. The van der Waals surface area contributed by atoms with Gasteiger partial charge in [-0.3, -0.25) is 0 Å². The number of nitrogens with one attached hydrogen (secondary N) is 1. The van der Waals surface area contributed by atoms with E-state index in [1.54, 1.807) is 6.07 Å². The first kappa shape index (κ1) is 14.1. The molecule has 0 spiro atoms. The van der Waals surface area contributed by atoms with Gasteiger partial charge in [-0.2, -0.15) is 0 Å². The molecule has 3 heteroatoms. The molecule has 0 saturated carbocycles. The van der Waals surface area contributed by atoms with E-state index in [1.807, 2.05) is 19.1 Å². The molecule has 2 aromatic rings. The summed E-state index contributed by atoms with van der Waals surface area (Å²) >= 11 is 0. The van der Waals surface area contributed by atoms with Crippen LogP contribution in [0.2, 0.25) is 0 Å². The maximum absolute atomic E-state index is 14.0. The van der Waals surface area contributed by atoms with Gasteiger partial charge in [-0.1, -0.05) is 43.3 Å². The van der Waals surface area contributed by atoms with Gasteiger partial charge in [0.05, 0.1) is 6.61 Å². The Labute approximate surface area is 125 Å². The summed E-state index contributed by atoms with van der Waals surface area (Å²) < 4.78 is 19.8. The zero-order valence-corrected chi connectivity index (χ0v) is 12.2. The van der Waals surface area contributed by atoms with Gasteiger partial charge in [0.15, 0.2) is 11.6 Å². The summed E-state index contributed by atoms with van der Waals surface area (Å²) in [5.74, 6) is 0.494. The van der Waals surface area contributed by atoms with Crippen LogP contribution in [-0.2, 0) is 13.0 Å². The van der Waals surface area contributed by atoms with Crippen LogP contribution in [0, 0.1) is 5.82 Å². The van der Waals surface area contributed by atoms with Gasteiger partial charge in [-0.25, -0.2) is 4.39 Å². The minimum Gasteiger partial charge on any atom is -0.490 e. The van der Waals surface area contributed by atoms with Gasteiger partial charge in [-0.05, 0) is 30.2 Å². The van der Waals surface area contributed by atoms with Crippen LogP contribution in [0.4, 0.5) is 4.39 Å². The summed E-state index contributed by atoms with van der Waals surface area (Å²) in [5, 5.41) is 3.22. The van der Waals surface area contributed by atoms with Crippen molar-refractivity contribution in [2.45, 2.75) is 25.8 Å². The molecule has 21 heavy (non-hydrogen) atoms. The molecule has 1 aliphatic carbocycles. The average molecular weight is 285 g/mol. The second-order valence-electron chi connectivity index (χ2n) is 5.42.